The molecule has 0 aromatic carbocycles. The summed E-state index contributed by atoms with van der Waals surface area (Å²) in [6, 6.07) is 1.90. The molecule has 1 aromatic rings. The lowest BCUT2D eigenvalue weighted by Gasteiger charge is -2.13. The topological polar surface area (TPSA) is 59.3 Å². The van der Waals surface area contributed by atoms with Crippen LogP contribution in [0.1, 0.15) is 52.7 Å². The Hall–Kier alpha value is -1.65. The molecule has 0 fully saturated rings. The highest BCUT2D eigenvalue weighted by molar-refractivity contribution is 6.07. The number of fused-ring (bicyclic) bond motifs is 1. The fraction of sp³-hybridized carbons (Fsp3) is 0.615. The highest BCUT2D eigenvalue weighted by Crippen LogP contribution is 2.25. The number of nitrogens with zero attached hydrogens (tertiary/aromatic N) is 3. The first kappa shape index (κ1) is 12.8. The summed E-state index contributed by atoms with van der Waals surface area (Å²) in [5, 5.41) is 11.8. The molecule has 0 bridgehead atoms. The van der Waals surface area contributed by atoms with Gasteiger partial charge in [0.15, 0.2) is 5.82 Å². The number of rotatable bonds is 2. The highest BCUT2D eigenvalue weighted by atomic mass is 16.1. The van der Waals surface area contributed by atoms with Crippen LogP contribution in [-0.4, -0.2) is 21.5 Å². The van der Waals surface area contributed by atoms with Crippen molar-refractivity contribution in [3.8, 4) is 0 Å². The Morgan fingerprint density at radius 1 is 1.44 bits per heavy atom. The molecule has 2 rings (SSSR count). The third-order valence-corrected chi connectivity index (χ3v) is 2.87. The zero-order valence-electron chi connectivity index (χ0n) is 11.4. The van der Waals surface area contributed by atoms with Crippen molar-refractivity contribution < 1.29 is 4.79 Å². The first-order chi connectivity index (χ1) is 8.40. The summed E-state index contributed by atoms with van der Waals surface area (Å²) in [6.07, 6.45) is 2.18. The second-order valence-electron chi connectivity index (χ2n) is 5.70. The van der Waals surface area contributed by atoms with Crippen molar-refractivity contribution in [1.82, 2.24) is 9.89 Å². The monoisotopic (exact) mass is 248 g/mol. The van der Waals surface area contributed by atoms with Gasteiger partial charge >= 0.3 is 0 Å². The Labute approximate surface area is 107 Å². The van der Waals surface area contributed by atoms with Crippen molar-refractivity contribution in [3.63, 3.8) is 0 Å². The number of carbonyl (C=O) groups is 1. The number of hydrogen-bond acceptors (Lipinski definition) is 3. The van der Waals surface area contributed by atoms with Gasteiger partial charge in [0.25, 0.3) is 0 Å². The number of aromatic nitrogens is 2. The van der Waals surface area contributed by atoms with Crippen molar-refractivity contribution in [2.45, 2.75) is 52.4 Å². The van der Waals surface area contributed by atoms with Crippen LogP contribution in [0.5, 0.6) is 0 Å². The Kier molecular flexibility index (Phi) is 3.24. The largest absolute Gasteiger partial charge is 0.309 e. The Morgan fingerprint density at radius 2 is 2.17 bits per heavy atom. The molecule has 0 radical (unpaired) electrons. The molecule has 1 aliphatic rings. The number of amides is 1. The van der Waals surface area contributed by atoms with Gasteiger partial charge in [0.2, 0.25) is 5.91 Å². The van der Waals surface area contributed by atoms with Crippen molar-refractivity contribution in [2.24, 2.45) is 5.10 Å². The van der Waals surface area contributed by atoms with Gasteiger partial charge in [0.1, 0.15) is 0 Å². The molecule has 5 heteroatoms. The van der Waals surface area contributed by atoms with Gasteiger partial charge in [-0.15, -0.1) is 4.79 Å². The van der Waals surface area contributed by atoms with Crippen molar-refractivity contribution in [2.75, 3.05) is 5.32 Å². The van der Waals surface area contributed by atoms with Gasteiger partial charge in [-0.2, -0.15) is 10.2 Å². The lowest BCUT2D eigenvalue weighted by Crippen LogP contribution is -2.15. The van der Waals surface area contributed by atoms with Gasteiger partial charge in [0.05, 0.1) is 12.1 Å². The minimum absolute atomic E-state index is 0.0127. The molecule has 1 aromatic heterocycles. The minimum atomic E-state index is -0.0512. The average Bonchev–Trinajstić information content (AvgIpc) is 2.55. The third-order valence-electron chi connectivity index (χ3n) is 2.87. The summed E-state index contributed by atoms with van der Waals surface area (Å²) in [7, 11) is 0. The van der Waals surface area contributed by atoms with E-state index in [4.69, 9.17) is 0 Å². The molecule has 1 N–H and O–H groups in total. The summed E-state index contributed by atoms with van der Waals surface area (Å²) in [4.78, 5) is 13.3. The molecular weight excluding hydrogens is 228 g/mol. The first-order valence-electron chi connectivity index (χ1n) is 6.37. The lowest BCUT2D eigenvalue weighted by molar-refractivity contribution is -0.115. The SMILES string of the molecule is CCCC1=Nn2nc(C(C)(C)C)cc2NC(=O)C1. The van der Waals surface area contributed by atoms with E-state index in [-0.39, 0.29) is 11.3 Å². The molecule has 0 spiro atoms. The minimum Gasteiger partial charge on any atom is -0.309 e. The van der Waals surface area contributed by atoms with Gasteiger partial charge < -0.3 is 5.32 Å². The quantitative estimate of drug-likeness (QED) is 0.874. The second kappa shape index (κ2) is 4.55. The predicted molar refractivity (Wildman–Crippen MR) is 71.9 cm³/mol. The number of hydrogen-bond donors (Lipinski definition) is 1. The third kappa shape index (κ3) is 2.60. The molecule has 1 aliphatic heterocycles. The molecule has 18 heavy (non-hydrogen) atoms. The zero-order chi connectivity index (χ0) is 13.3. The van der Waals surface area contributed by atoms with Gasteiger partial charge in [-0.3, -0.25) is 4.79 Å². The van der Waals surface area contributed by atoms with Crippen LogP contribution in [-0.2, 0) is 10.2 Å². The molecule has 1 amide bonds. The number of carbonyl (C=O) groups excluding carboxylic acids is 1. The van der Waals surface area contributed by atoms with Crippen molar-refractivity contribution in [3.05, 3.63) is 11.8 Å². The second-order valence-corrected chi connectivity index (χ2v) is 5.70. The van der Waals surface area contributed by atoms with E-state index in [0.717, 1.165) is 24.2 Å². The molecule has 0 saturated carbocycles. The Balaban J connectivity index is 2.41. The van der Waals surface area contributed by atoms with E-state index in [1.165, 1.54) is 0 Å². The van der Waals surface area contributed by atoms with E-state index in [9.17, 15) is 4.79 Å². The smallest absolute Gasteiger partial charge is 0.231 e. The molecule has 5 nitrogen and oxygen atoms in total. The number of anilines is 1. The summed E-state index contributed by atoms with van der Waals surface area (Å²) >= 11 is 0. The summed E-state index contributed by atoms with van der Waals surface area (Å²) in [5.41, 5.74) is 1.77. The van der Waals surface area contributed by atoms with Gasteiger partial charge in [0, 0.05) is 17.2 Å². The predicted octanol–water partition coefficient (Wildman–Crippen LogP) is 2.53. The maximum Gasteiger partial charge on any atom is 0.231 e. The van der Waals surface area contributed by atoms with Crippen LogP contribution >= 0.6 is 0 Å². The van der Waals surface area contributed by atoms with Crippen LogP contribution in [0.4, 0.5) is 5.82 Å². The summed E-state index contributed by atoms with van der Waals surface area (Å²) < 4.78 is 0. The number of nitrogens with one attached hydrogen (secondary N) is 1. The van der Waals surface area contributed by atoms with Crippen LogP contribution in [0.3, 0.4) is 0 Å². The van der Waals surface area contributed by atoms with Crippen LogP contribution < -0.4 is 5.32 Å². The summed E-state index contributed by atoms with van der Waals surface area (Å²) in [6.45, 7) is 8.35. The summed E-state index contributed by atoms with van der Waals surface area (Å²) in [5.74, 6) is 0.650. The highest BCUT2D eigenvalue weighted by Gasteiger charge is 2.23. The van der Waals surface area contributed by atoms with Crippen LogP contribution in [0.2, 0.25) is 0 Å². The molecule has 0 aliphatic carbocycles. The van der Waals surface area contributed by atoms with Gasteiger partial charge in [-0.05, 0) is 6.42 Å². The fourth-order valence-electron chi connectivity index (χ4n) is 1.87. The van der Waals surface area contributed by atoms with E-state index in [1.807, 2.05) is 6.07 Å². The van der Waals surface area contributed by atoms with E-state index in [2.05, 4.69) is 43.2 Å². The Morgan fingerprint density at radius 3 is 2.78 bits per heavy atom. The van der Waals surface area contributed by atoms with Gasteiger partial charge in [-0.1, -0.05) is 34.1 Å². The average molecular weight is 248 g/mol. The molecule has 2 heterocycles. The normalized spacial score (nSPS) is 15.8. The van der Waals surface area contributed by atoms with Crippen molar-refractivity contribution >= 4 is 17.4 Å². The van der Waals surface area contributed by atoms with Gasteiger partial charge in [-0.25, -0.2) is 0 Å². The maximum atomic E-state index is 11.8. The molecule has 0 saturated heterocycles. The van der Waals surface area contributed by atoms with E-state index in [1.54, 1.807) is 4.79 Å². The van der Waals surface area contributed by atoms with Crippen LogP contribution in [0, 0.1) is 0 Å². The molecule has 0 unspecified atom stereocenters. The zero-order valence-corrected chi connectivity index (χ0v) is 11.4. The Bertz CT molecular complexity index is 494. The fourth-order valence-corrected chi connectivity index (χ4v) is 1.87. The lowest BCUT2D eigenvalue weighted by atomic mass is 9.92. The maximum absolute atomic E-state index is 11.8. The van der Waals surface area contributed by atoms with Crippen molar-refractivity contribution in [1.29, 1.82) is 0 Å². The molecule has 0 atom stereocenters. The van der Waals surface area contributed by atoms with E-state index >= 15 is 0 Å². The first-order valence-corrected chi connectivity index (χ1v) is 6.37. The van der Waals surface area contributed by atoms with Crippen LogP contribution in [0.15, 0.2) is 11.2 Å². The van der Waals surface area contributed by atoms with E-state index in [0.29, 0.717) is 12.2 Å². The molecular formula is C13H20N4O. The van der Waals surface area contributed by atoms with E-state index < -0.39 is 0 Å². The van der Waals surface area contributed by atoms with Crippen LogP contribution in [0.25, 0.3) is 0 Å². The standard InChI is InChI=1S/C13H20N4O/c1-5-6-9-7-12(18)14-11-8-10(13(2,3)4)16-17(11)15-9/h8H,5-7H2,1-4H3,(H,14,18). The molecule has 98 valence electrons.